The van der Waals surface area contributed by atoms with Crippen LogP contribution in [0.15, 0.2) is 30.3 Å². The van der Waals surface area contributed by atoms with Gasteiger partial charge in [0.05, 0.1) is 5.37 Å². The van der Waals surface area contributed by atoms with Crippen LogP contribution in [-0.2, 0) is 0 Å². The topological polar surface area (TPSA) is 3.24 Å². The Hall–Kier alpha value is -0.470. The molecule has 1 nitrogen and oxygen atoms in total. The molecular weight excluding hydrogens is 274 g/mol. The molecule has 1 aliphatic rings. The fourth-order valence-electron chi connectivity index (χ4n) is 3.08. The standard InChI is InChI=1S/C19H31NS/c1-2-3-4-5-6-12-17-21-19(20-15-10-11-16-20)18-13-8-7-9-14-18/h7-9,13-14,19H,2-6,10-12,15-17H2,1H3. The lowest BCUT2D eigenvalue weighted by Crippen LogP contribution is -2.23. The molecule has 118 valence electrons. The third-order valence-corrected chi connectivity index (χ3v) is 5.74. The predicted octanol–water partition coefficient (Wildman–Crippen LogP) is 5.87. The third kappa shape index (κ3) is 6.04. The van der Waals surface area contributed by atoms with Gasteiger partial charge in [0.1, 0.15) is 0 Å². The number of nitrogens with zero attached hydrogens (tertiary/aromatic N) is 1. The SMILES string of the molecule is CCCCCCCCSC(c1ccccc1)N1CCCC1. The summed E-state index contributed by atoms with van der Waals surface area (Å²) in [5.74, 6) is 1.31. The van der Waals surface area contributed by atoms with E-state index in [1.165, 1.54) is 75.8 Å². The van der Waals surface area contributed by atoms with Crippen molar-refractivity contribution >= 4 is 11.8 Å². The summed E-state index contributed by atoms with van der Waals surface area (Å²) in [5.41, 5.74) is 1.50. The Morgan fingerprint density at radius 3 is 2.33 bits per heavy atom. The van der Waals surface area contributed by atoms with Gasteiger partial charge in [-0.1, -0.05) is 69.4 Å². The fraction of sp³-hybridized carbons (Fsp3) is 0.684. The molecule has 0 aromatic heterocycles. The van der Waals surface area contributed by atoms with E-state index >= 15 is 0 Å². The first-order valence-electron chi connectivity index (χ1n) is 8.82. The lowest BCUT2D eigenvalue weighted by Gasteiger charge is -2.27. The maximum Gasteiger partial charge on any atom is 0.0814 e. The zero-order valence-electron chi connectivity index (χ0n) is 13.6. The van der Waals surface area contributed by atoms with E-state index in [1.54, 1.807) is 0 Å². The first-order valence-corrected chi connectivity index (χ1v) is 9.87. The molecule has 0 saturated carbocycles. The molecule has 1 fully saturated rings. The molecule has 2 heteroatoms. The van der Waals surface area contributed by atoms with Crippen molar-refractivity contribution in [3.8, 4) is 0 Å². The predicted molar refractivity (Wildman–Crippen MR) is 95.8 cm³/mol. The summed E-state index contributed by atoms with van der Waals surface area (Å²) in [7, 11) is 0. The van der Waals surface area contributed by atoms with Crippen LogP contribution < -0.4 is 0 Å². The largest absolute Gasteiger partial charge is 0.288 e. The highest BCUT2D eigenvalue weighted by Crippen LogP contribution is 2.35. The van der Waals surface area contributed by atoms with E-state index < -0.39 is 0 Å². The Balaban J connectivity index is 1.75. The van der Waals surface area contributed by atoms with Gasteiger partial charge in [0.25, 0.3) is 0 Å². The van der Waals surface area contributed by atoms with Gasteiger partial charge in [-0.2, -0.15) is 0 Å². The van der Waals surface area contributed by atoms with Gasteiger partial charge in [0.15, 0.2) is 0 Å². The van der Waals surface area contributed by atoms with E-state index in [2.05, 4.69) is 53.9 Å². The monoisotopic (exact) mass is 305 g/mol. The Morgan fingerprint density at radius 2 is 1.62 bits per heavy atom. The number of benzene rings is 1. The summed E-state index contributed by atoms with van der Waals surface area (Å²) in [6.45, 7) is 4.85. The van der Waals surface area contributed by atoms with Crippen molar-refractivity contribution in [2.45, 2.75) is 63.7 Å². The normalized spacial score (nSPS) is 17.2. The second-order valence-corrected chi connectivity index (χ2v) is 7.33. The maximum absolute atomic E-state index is 2.68. The summed E-state index contributed by atoms with van der Waals surface area (Å²) in [4.78, 5) is 2.68. The van der Waals surface area contributed by atoms with Crippen LogP contribution in [0.2, 0.25) is 0 Å². The van der Waals surface area contributed by atoms with Crippen molar-refractivity contribution < 1.29 is 0 Å². The summed E-state index contributed by atoms with van der Waals surface area (Å²) < 4.78 is 0. The molecule has 1 atom stereocenters. The van der Waals surface area contributed by atoms with Gasteiger partial charge in [-0.05, 0) is 43.7 Å². The molecular formula is C19H31NS. The van der Waals surface area contributed by atoms with Crippen LogP contribution in [0.1, 0.15) is 69.2 Å². The molecule has 0 bridgehead atoms. The molecule has 0 N–H and O–H groups in total. The van der Waals surface area contributed by atoms with Gasteiger partial charge >= 0.3 is 0 Å². The highest BCUT2D eigenvalue weighted by Gasteiger charge is 2.23. The third-order valence-electron chi connectivity index (χ3n) is 4.33. The van der Waals surface area contributed by atoms with Crippen molar-refractivity contribution in [1.82, 2.24) is 4.90 Å². The van der Waals surface area contributed by atoms with Gasteiger partial charge in [-0.3, -0.25) is 4.90 Å². The van der Waals surface area contributed by atoms with E-state index in [4.69, 9.17) is 0 Å². The first-order chi connectivity index (χ1) is 10.4. The van der Waals surface area contributed by atoms with E-state index in [-0.39, 0.29) is 0 Å². The van der Waals surface area contributed by atoms with Gasteiger partial charge in [0, 0.05) is 0 Å². The Kier molecular flexibility index (Phi) is 8.28. The minimum absolute atomic E-state index is 0.587. The number of hydrogen-bond acceptors (Lipinski definition) is 2. The fourth-order valence-corrected chi connectivity index (χ4v) is 4.45. The molecule has 1 heterocycles. The molecule has 1 unspecified atom stereocenters. The first kappa shape index (κ1) is 16.9. The Labute approximate surface area is 135 Å². The van der Waals surface area contributed by atoms with E-state index in [0.29, 0.717) is 5.37 Å². The summed E-state index contributed by atoms with van der Waals surface area (Å²) in [6, 6.07) is 11.1. The molecule has 0 radical (unpaired) electrons. The molecule has 1 saturated heterocycles. The van der Waals surface area contributed by atoms with Crippen molar-refractivity contribution in [1.29, 1.82) is 0 Å². The van der Waals surface area contributed by atoms with Crippen LogP contribution in [-0.4, -0.2) is 23.7 Å². The molecule has 21 heavy (non-hydrogen) atoms. The zero-order valence-corrected chi connectivity index (χ0v) is 14.4. The second kappa shape index (κ2) is 10.3. The highest BCUT2D eigenvalue weighted by molar-refractivity contribution is 7.99. The molecule has 0 amide bonds. The average Bonchev–Trinajstić information content (AvgIpc) is 3.05. The Bertz CT molecular complexity index is 359. The average molecular weight is 306 g/mol. The van der Waals surface area contributed by atoms with Gasteiger partial charge in [-0.25, -0.2) is 0 Å². The van der Waals surface area contributed by atoms with E-state index in [1.807, 2.05) is 0 Å². The van der Waals surface area contributed by atoms with Crippen molar-refractivity contribution in [2.75, 3.05) is 18.8 Å². The minimum atomic E-state index is 0.587. The van der Waals surface area contributed by atoms with Crippen LogP contribution in [0.25, 0.3) is 0 Å². The van der Waals surface area contributed by atoms with E-state index in [0.717, 1.165) is 0 Å². The Morgan fingerprint density at radius 1 is 0.952 bits per heavy atom. The van der Waals surface area contributed by atoms with Crippen molar-refractivity contribution in [3.63, 3.8) is 0 Å². The van der Waals surface area contributed by atoms with Crippen molar-refractivity contribution in [2.24, 2.45) is 0 Å². The maximum atomic E-state index is 2.68. The molecule has 1 aromatic carbocycles. The number of hydrogen-bond donors (Lipinski definition) is 0. The number of likely N-dealkylation sites (tertiary alicyclic amines) is 1. The number of rotatable bonds is 10. The van der Waals surface area contributed by atoms with Crippen LogP contribution in [0.3, 0.4) is 0 Å². The highest BCUT2D eigenvalue weighted by atomic mass is 32.2. The molecule has 2 rings (SSSR count). The van der Waals surface area contributed by atoms with Gasteiger partial charge in [0.2, 0.25) is 0 Å². The van der Waals surface area contributed by atoms with Crippen LogP contribution in [0, 0.1) is 0 Å². The number of unbranched alkanes of at least 4 members (excludes halogenated alkanes) is 5. The lowest BCUT2D eigenvalue weighted by atomic mass is 10.1. The van der Waals surface area contributed by atoms with E-state index in [9.17, 15) is 0 Å². The summed E-state index contributed by atoms with van der Waals surface area (Å²) >= 11 is 2.16. The van der Waals surface area contributed by atoms with Gasteiger partial charge in [-0.15, -0.1) is 11.8 Å². The quantitative estimate of drug-likeness (QED) is 0.497. The van der Waals surface area contributed by atoms with Crippen LogP contribution in [0.5, 0.6) is 0 Å². The molecule has 0 aliphatic carbocycles. The number of thioether (sulfide) groups is 1. The van der Waals surface area contributed by atoms with Crippen LogP contribution in [0.4, 0.5) is 0 Å². The van der Waals surface area contributed by atoms with Crippen molar-refractivity contribution in [3.05, 3.63) is 35.9 Å². The minimum Gasteiger partial charge on any atom is -0.288 e. The summed E-state index contributed by atoms with van der Waals surface area (Å²) in [6.07, 6.45) is 11.2. The lowest BCUT2D eigenvalue weighted by molar-refractivity contribution is 0.322. The van der Waals surface area contributed by atoms with Gasteiger partial charge < -0.3 is 0 Å². The molecule has 1 aliphatic heterocycles. The summed E-state index contributed by atoms with van der Waals surface area (Å²) in [5, 5.41) is 0.587. The molecule has 1 aromatic rings. The zero-order chi connectivity index (χ0) is 14.8. The molecule has 0 spiro atoms. The van der Waals surface area contributed by atoms with Crippen LogP contribution >= 0.6 is 11.8 Å². The second-order valence-electron chi connectivity index (χ2n) is 6.14. The smallest absolute Gasteiger partial charge is 0.0814 e.